The van der Waals surface area contributed by atoms with Crippen LogP contribution in [-0.2, 0) is 19.6 Å². The summed E-state index contributed by atoms with van der Waals surface area (Å²) in [6, 6.07) is 13.1. The van der Waals surface area contributed by atoms with Crippen LogP contribution < -0.4 is 14.8 Å². The maximum atomic E-state index is 13.1. The number of hydrogen-bond donors (Lipinski definition) is 1. The fourth-order valence-corrected chi connectivity index (χ4v) is 5.04. The minimum Gasteiger partial charge on any atom is -0.497 e. The average molecular weight is 430 g/mol. The Bertz CT molecular complexity index is 1110. The van der Waals surface area contributed by atoms with Crippen molar-refractivity contribution >= 4 is 32.4 Å². The Labute approximate surface area is 175 Å². The Kier molecular flexibility index (Phi) is 6.12. The molecule has 8 nitrogen and oxygen atoms in total. The second kappa shape index (κ2) is 8.58. The van der Waals surface area contributed by atoms with Crippen molar-refractivity contribution in [2.24, 2.45) is 0 Å². The molecule has 0 aromatic heterocycles. The van der Waals surface area contributed by atoms with E-state index in [0.29, 0.717) is 27.1 Å². The standard InChI is InChI=1S/C21H22N2O6S/c1-4-16-20(14-9-11-15(28-2)12-10-14)30(26,27)23(21(16)25)13-19(24)22-17-7-5-6-8-18(17)29-3/h5-12H,4,13H2,1-3H3,(H,22,24). The smallest absolute Gasteiger partial charge is 0.268 e. The monoisotopic (exact) mass is 430 g/mol. The average Bonchev–Trinajstić information content (AvgIpc) is 2.93. The minimum absolute atomic E-state index is 0.0808. The molecule has 2 aromatic carbocycles. The molecule has 0 fully saturated rings. The number of benzene rings is 2. The molecule has 0 saturated carbocycles. The van der Waals surface area contributed by atoms with E-state index < -0.39 is 28.4 Å². The van der Waals surface area contributed by atoms with Gasteiger partial charge in [-0.05, 0) is 48.4 Å². The third kappa shape index (κ3) is 3.88. The van der Waals surface area contributed by atoms with Crippen molar-refractivity contribution in [2.45, 2.75) is 13.3 Å². The molecule has 1 aliphatic rings. The molecule has 0 radical (unpaired) electrons. The Morgan fingerprint density at radius 3 is 2.30 bits per heavy atom. The predicted molar refractivity (Wildman–Crippen MR) is 112 cm³/mol. The SMILES string of the molecule is CCC1=C(c2ccc(OC)cc2)S(=O)(=O)N(CC(=O)Nc2ccccc2OC)C1=O. The van der Waals surface area contributed by atoms with Crippen molar-refractivity contribution in [3.05, 3.63) is 59.7 Å². The molecule has 0 bridgehead atoms. The highest BCUT2D eigenvalue weighted by atomic mass is 32.2. The molecule has 1 N–H and O–H groups in total. The van der Waals surface area contributed by atoms with Crippen LogP contribution in [-0.4, -0.2) is 45.3 Å². The fraction of sp³-hybridized carbons (Fsp3) is 0.238. The zero-order valence-electron chi connectivity index (χ0n) is 16.8. The molecule has 30 heavy (non-hydrogen) atoms. The third-order valence-electron chi connectivity index (χ3n) is 4.68. The molecular formula is C21H22N2O6S. The van der Waals surface area contributed by atoms with Crippen LogP contribution in [0, 0.1) is 0 Å². The van der Waals surface area contributed by atoms with Crippen molar-refractivity contribution in [2.75, 3.05) is 26.1 Å². The number of carbonyl (C=O) groups is 2. The quantitative estimate of drug-likeness (QED) is 0.725. The van der Waals surface area contributed by atoms with Gasteiger partial charge in [-0.3, -0.25) is 9.59 Å². The first-order chi connectivity index (χ1) is 14.3. The molecule has 0 aliphatic carbocycles. The Morgan fingerprint density at radius 1 is 1.03 bits per heavy atom. The van der Waals surface area contributed by atoms with E-state index in [9.17, 15) is 18.0 Å². The van der Waals surface area contributed by atoms with Gasteiger partial charge in [0.05, 0.1) is 19.9 Å². The van der Waals surface area contributed by atoms with Gasteiger partial charge in [0.1, 0.15) is 22.9 Å². The van der Waals surface area contributed by atoms with Gasteiger partial charge in [0.2, 0.25) is 5.91 Å². The molecule has 0 saturated heterocycles. The molecule has 9 heteroatoms. The highest BCUT2D eigenvalue weighted by Gasteiger charge is 2.44. The molecule has 0 unspecified atom stereocenters. The first kappa shape index (κ1) is 21.4. The minimum atomic E-state index is -4.18. The van der Waals surface area contributed by atoms with E-state index in [0.717, 1.165) is 0 Å². The van der Waals surface area contributed by atoms with Gasteiger partial charge >= 0.3 is 0 Å². The Hall–Kier alpha value is -3.33. The summed E-state index contributed by atoms with van der Waals surface area (Å²) >= 11 is 0. The lowest BCUT2D eigenvalue weighted by Gasteiger charge is -2.17. The van der Waals surface area contributed by atoms with Gasteiger partial charge < -0.3 is 14.8 Å². The number of carbonyl (C=O) groups excluding carboxylic acids is 2. The summed E-state index contributed by atoms with van der Waals surface area (Å²) in [5.74, 6) is -0.360. The van der Waals surface area contributed by atoms with Gasteiger partial charge in [-0.2, -0.15) is 0 Å². The summed E-state index contributed by atoms with van der Waals surface area (Å²) in [6.07, 6.45) is 0.212. The topological polar surface area (TPSA) is 102 Å². The van der Waals surface area contributed by atoms with Crippen LogP contribution in [0.15, 0.2) is 54.1 Å². The third-order valence-corrected chi connectivity index (χ3v) is 6.55. The molecular weight excluding hydrogens is 408 g/mol. The van der Waals surface area contributed by atoms with Gasteiger partial charge in [0.15, 0.2) is 0 Å². The van der Waals surface area contributed by atoms with Crippen LogP contribution in [0.25, 0.3) is 4.91 Å². The van der Waals surface area contributed by atoms with E-state index in [2.05, 4.69) is 5.32 Å². The molecule has 2 aromatic rings. The molecule has 158 valence electrons. The number of ether oxygens (including phenoxy) is 2. The maximum Gasteiger partial charge on any atom is 0.268 e. The number of methoxy groups -OCH3 is 2. The largest absolute Gasteiger partial charge is 0.497 e. The molecule has 1 heterocycles. The fourth-order valence-electron chi connectivity index (χ4n) is 3.22. The summed E-state index contributed by atoms with van der Waals surface area (Å²) in [5, 5.41) is 2.59. The number of nitrogens with one attached hydrogen (secondary N) is 1. The lowest BCUT2D eigenvalue weighted by Crippen LogP contribution is -2.38. The van der Waals surface area contributed by atoms with Gasteiger partial charge in [-0.1, -0.05) is 19.1 Å². The first-order valence-electron chi connectivity index (χ1n) is 9.21. The Balaban J connectivity index is 1.88. The number of nitrogens with zero attached hydrogens (tertiary/aromatic N) is 1. The number of hydrogen-bond acceptors (Lipinski definition) is 6. The van der Waals surface area contributed by atoms with E-state index >= 15 is 0 Å². The van der Waals surface area contributed by atoms with Crippen LogP contribution in [0.2, 0.25) is 0 Å². The van der Waals surface area contributed by atoms with Crippen molar-refractivity contribution < 1.29 is 27.5 Å². The molecule has 1 aliphatic heterocycles. The lowest BCUT2D eigenvalue weighted by atomic mass is 10.1. The lowest BCUT2D eigenvalue weighted by molar-refractivity contribution is -0.126. The van der Waals surface area contributed by atoms with Crippen molar-refractivity contribution in [3.63, 3.8) is 0 Å². The van der Waals surface area contributed by atoms with Gasteiger partial charge in [0, 0.05) is 5.57 Å². The summed E-state index contributed by atoms with van der Waals surface area (Å²) < 4.78 is 37.2. The van der Waals surface area contributed by atoms with E-state index in [1.807, 2.05) is 0 Å². The van der Waals surface area contributed by atoms with Gasteiger partial charge in [-0.25, -0.2) is 12.7 Å². The van der Waals surface area contributed by atoms with E-state index in [1.165, 1.54) is 14.2 Å². The molecule has 0 spiro atoms. The highest BCUT2D eigenvalue weighted by Crippen LogP contribution is 2.37. The first-order valence-corrected chi connectivity index (χ1v) is 10.6. The number of rotatable bonds is 7. The van der Waals surface area contributed by atoms with Crippen molar-refractivity contribution in [1.82, 2.24) is 4.31 Å². The normalized spacial score (nSPS) is 15.3. The predicted octanol–water partition coefficient (Wildman–Crippen LogP) is 2.64. The second-order valence-electron chi connectivity index (χ2n) is 6.46. The zero-order chi connectivity index (χ0) is 21.9. The van der Waals surface area contributed by atoms with Crippen LogP contribution >= 0.6 is 0 Å². The van der Waals surface area contributed by atoms with Crippen LogP contribution in [0.3, 0.4) is 0 Å². The van der Waals surface area contributed by atoms with Crippen LogP contribution in [0.1, 0.15) is 18.9 Å². The number of sulfonamides is 1. The Morgan fingerprint density at radius 2 is 1.70 bits per heavy atom. The molecule has 0 atom stereocenters. The maximum absolute atomic E-state index is 13.1. The summed E-state index contributed by atoms with van der Waals surface area (Å²) in [6.45, 7) is 1.06. The number of para-hydroxylation sites is 2. The summed E-state index contributed by atoms with van der Waals surface area (Å²) in [4.78, 5) is 25.3. The van der Waals surface area contributed by atoms with Crippen LogP contribution in [0.5, 0.6) is 11.5 Å². The number of anilines is 1. The van der Waals surface area contributed by atoms with Gasteiger partial charge in [-0.15, -0.1) is 0 Å². The van der Waals surface area contributed by atoms with Gasteiger partial charge in [0.25, 0.3) is 15.9 Å². The summed E-state index contributed by atoms with van der Waals surface area (Å²) in [7, 11) is -1.22. The van der Waals surface area contributed by atoms with E-state index in [-0.39, 0.29) is 16.9 Å². The highest BCUT2D eigenvalue weighted by molar-refractivity contribution is 7.99. The van der Waals surface area contributed by atoms with E-state index in [4.69, 9.17) is 9.47 Å². The second-order valence-corrected chi connectivity index (χ2v) is 8.25. The zero-order valence-corrected chi connectivity index (χ0v) is 17.7. The number of amides is 2. The summed E-state index contributed by atoms with van der Waals surface area (Å²) in [5.41, 5.74) is 0.895. The molecule has 2 amide bonds. The van der Waals surface area contributed by atoms with Crippen molar-refractivity contribution in [1.29, 1.82) is 0 Å². The van der Waals surface area contributed by atoms with Crippen LogP contribution in [0.4, 0.5) is 5.69 Å². The molecule has 3 rings (SSSR count). The van der Waals surface area contributed by atoms with Crippen molar-refractivity contribution in [3.8, 4) is 11.5 Å². The van der Waals surface area contributed by atoms with E-state index in [1.54, 1.807) is 55.5 Å².